The molecule has 1 saturated heterocycles. The fraction of sp³-hybridized carbons (Fsp3) is 0.353. The molecule has 1 aliphatic rings. The molecule has 1 unspecified atom stereocenters. The Balaban J connectivity index is 1.63. The van der Waals surface area contributed by atoms with Crippen LogP contribution in [-0.4, -0.2) is 41.8 Å². The summed E-state index contributed by atoms with van der Waals surface area (Å²) < 4.78 is 23.0. The molecule has 8 heteroatoms. The Morgan fingerprint density at radius 1 is 1.28 bits per heavy atom. The Morgan fingerprint density at radius 2 is 2.08 bits per heavy atom. The second-order valence-electron chi connectivity index (χ2n) is 6.14. The number of nitrogens with zero attached hydrogens (tertiary/aromatic N) is 2. The van der Waals surface area contributed by atoms with Gasteiger partial charge in [0.2, 0.25) is 0 Å². The van der Waals surface area contributed by atoms with Crippen LogP contribution in [0.4, 0.5) is 5.82 Å². The first-order chi connectivity index (χ1) is 11.9. The highest BCUT2D eigenvalue weighted by Crippen LogP contribution is 2.16. The lowest BCUT2D eigenvalue weighted by atomic mass is 10.1. The Morgan fingerprint density at radius 3 is 2.80 bits per heavy atom. The second kappa shape index (κ2) is 7.18. The molecular formula is C17H20N4O3S. The highest BCUT2D eigenvalue weighted by Gasteiger charge is 2.28. The third-order valence-corrected chi connectivity index (χ3v) is 5.95. The number of carbonyl (C=O) groups excluding carboxylic acids is 1. The van der Waals surface area contributed by atoms with Crippen LogP contribution in [0.5, 0.6) is 0 Å². The Labute approximate surface area is 146 Å². The van der Waals surface area contributed by atoms with Crippen LogP contribution in [0.15, 0.2) is 36.7 Å². The molecule has 0 saturated carbocycles. The summed E-state index contributed by atoms with van der Waals surface area (Å²) in [6.45, 7) is 2.41. The summed E-state index contributed by atoms with van der Waals surface area (Å²) in [5.41, 5.74) is 2.39. The predicted octanol–water partition coefficient (Wildman–Crippen LogP) is 1.31. The first-order valence-corrected chi connectivity index (χ1v) is 9.87. The minimum absolute atomic E-state index is 0.0891. The van der Waals surface area contributed by atoms with E-state index >= 15 is 0 Å². The maximum atomic E-state index is 12.3. The van der Waals surface area contributed by atoms with Crippen molar-refractivity contribution in [2.24, 2.45) is 0 Å². The molecule has 1 aromatic carbocycles. The van der Waals surface area contributed by atoms with Gasteiger partial charge < -0.3 is 10.6 Å². The molecule has 132 valence electrons. The molecule has 2 aromatic rings. The molecule has 25 heavy (non-hydrogen) atoms. The third kappa shape index (κ3) is 4.54. The van der Waals surface area contributed by atoms with E-state index in [2.05, 4.69) is 20.6 Å². The van der Waals surface area contributed by atoms with Crippen molar-refractivity contribution in [1.29, 1.82) is 0 Å². The summed E-state index contributed by atoms with van der Waals surface area (Å²) in [6.07, 6.45) is 1.84. The van der Waals surface area contributed by atoms with Crippen molar-refractivity contribution >= 4 is 21.6 Å². The Hall–Kier alpha value is -2.48. The van der Waals surface area contributed by atoms with Crippen LogP contribution in [0, 0.1) is 6.92 Å². The van der Waals surface area contributed by atoms with Crippen LogP contribution in [0.25, 0.3) is 0 Å². The number of hydrogen-bond donors (Lipinski definition) is 2. The van der Waals surface area contributed by atoms with Crippen molar-refractivity contribution < 1.29 is 13.2 Å². The lowest BCUT2D eigenvalue weighted by Crippen LogP contribution is -2.25. The van der Waals surface area contributed by atoms with Gasteiger partial charge in [-0.05, 0) is 24.5 Å². The number of nitrogens with one attached hydrogen (secondary N) is 2. The molecule has 1 atom stereocenters. The second-order valence-corrected chi connectivity index (χ2v) is 8.37. The van der Waals surface area contributed by atoms with Crippen molar-refractivity contribution in [3.63, 3.8) is 0 Å². The van der Waals surface area contributed by atoms with Gasteiger partial charge >= 0.3 is 0 Å². The average molecular weight is 360 g/mol. The molecule has 7 nitrogen and oxygen atoms in total. The first-order valence-electron chi connectivity index (χ1n) is 8.05. The van der Waals surface area contributed by atoms with Crippen LogP contribution in [-0.2, 0) is 16.4 Å². The van der Waals surface area contributed by atoms with Gasteiger partial charge in [0.05, 0.1) is 11.5 Å². The van der Waals surface area contributed by atoms with E-state index in [9.17, 15) is 13.2 Å². The van der Waals surface area contributed by atoms with Gasteiger partial charge in [-0.25, -0.2) is 18.4 Å². The van der Waals surface area contributed by atoms with Crippen LogP contribution in [0.1, 0.15) is 28.0 Å². The normalized spacial score (nSPS) is 18.7. The SMILES string of the molecule is Cc1ccccc1CNC(=O)c1cc(NC2CCS(=O)(=O)C2)ncn1. The average Bonchev–Trinajstić information content (AvgIpc) is 2.92. The van der Waals surface area contributed by atoms with Crippen molar-refractivity contribution in [3.05, 3.63) is 53.5 Å². The smallest absolute Gasteiger partial charge is 0.270 e. The minimum atomic E-state index is -2.97. The Kier molecular flexibility index (Phi) is 4.98. The van der Waals surface area contributed by atoms with Gasteiger partial charge in [-0.3, -0.25) is 4.79 Å². The Bertz CT molecular complexity index is 883. The molecule has 1 amide bonds. The fourth-order valence-electron chi connectivity index (χ4n) is 2.75. The van der Waals surface area contributed by atoms with E-state index in [1.54, 1.807) is 0 Å². The molecule has 2 heterocycles. The van der Waals surface area contributed by atoms with Crippen LogP contribution >= 0.6 is 0 Å². The maximum Gasteiger partial charge on any atom is 0.270 e. The summed E-state index contributed by atoms with van der Waals surface area (Å²) in [7, 11) is -2.97. The molecule has 0 radical (unpaired) electrons. The quantitative estimate of drug-likeness (QED) is 0.834. The van der Waals surface area contributed by atoms with E-state index in [0.717, 1.165) is 11.1 Å². The number of benzene rings is 1. The van der Waals surface area contributed by atoms with Crippen LogP contribution < -0.4 is 10.6 Å². The highest BCUT2D eigenvalue weighted by atomic mass is 32.2. The number of carbonyl (C=O) groups is 1. The van der Waals surface area contributed by atoms with Crippen molar-refractivity contribution in [2.45, 2.75) is 25.9 Å². The first kappa shape index (κ1) is 17.3. The van der Waals surface area contributed by atoms with Crippen LogP contribution in [0.3, 0.4) is 0 Å². The summed E-state index contributed by atoms with van der Waals surface area (Å²) in [6, 6.07) is 9.19. The van der Waals surface area contributed by atoms with E-state index in [0.29, 0.717) is 18.8 Å². The van der Waals surface area contributed by atoms with Gasteiger partial charge in [0.15, 0.2) is 9.84 Å². The zero-order valence-corrected chi connectivity index (χ0v) is 14.7. The van der Waals surface area contributed by atoms with E-state index < -0.39 is 9.84 Å². The molecule has 0 bridgehead atoms. The van der Waals surface area contributed by atoms with Gasteiger partial charge in [0.1, 0.15) is 17.8 Å². The zero-order valence-electron chi connectivity index (χ0n) is 13.9. The molecule has 3 rings (SSSR count). The molecule has 1 aliphatic heterocycles. The van der Waals surface area contributed by atoms with E-state index in [4.69, 9.17) is 0 Å². The molecule has 1 fully saturated rings. The monoisotopic (exact) mass is 360 g/mol. The largest absolute Gasteiger partial charge is 0.366 e. The number of amides is 1. The molecule has 2 N–H and O–H groups in total. The molecule has 0 aliphatic carbocycles. The summed E-state index contributed by atoms with van der Waals surface area (Å²) in [5, 5.41) is 5.90. The topological polar surface area (TPSA) is 101 Å². The summed E-state index contributed by atoms with van der Waals surface area (Å²) >= 11 is 0. The summed E-state index contributed by atoms with van der Waals surface area (Å²) in [4.78, 5) is 20.4. The van der Waals surface area contributed by atoms with E-state index in [1.165, 1.54) is 12.4 Å². The highest BCUT2D eigenvalue weighted by molar-refractivity contribution is 7.91. The number of aryl methyl sites for hydroxylation is 1. The number of hydrogen-bond acceptors (Lipinski definition) is 6. The number of aromatic nitrogens is 2. The molecular weight excluding hydrogens is 340 g/mol. The number of sulfone groups is 1. The van der Waals surface area contributed by atoms with Gasteiger partial charge in [-0.1, -0.05) is 24.3 Å². The number of rotatable bonds is 5. The van der Waals surface area contributed by atoms with Crippen LogP contribution in [0.2, 0.25) is 0 Å². The lowest BCUT2D eigenvalue weighted by Gasteiger charge is -2.12. The minimum Gasteiger partial charge on any atom is -0.366 e. The molecule has 0 spiro atoms. The maximum absolute atomic E-state index is 12.3. The fourth-order valence-corrected chi connectivity index (χ4v) is 4.43. The summed E-state index contributed by atoms with van der Waals surface area (Å²) in [5.74, 6) is 0.427. The number of anilines is 1. The predicted molar refractivity (Wildman–Crippen MR) is 95.1 cm³/mol. The van der Waals surface area contributed by atoms with Gasteiger partial charge in [0.25, 0.3) is 5.91 Å². The van der Waals surface area contributed by atoms with Crippen molar-refractivity contribution in [3.8, 4) is 0 Å². The van der Waals surface area contributed by atoms with Crippen molar-refractivity contribution in [1.82, 2.24) is 15.3 Å². The molecule has 1 aromatic heterocycles. The standard InChI is InChI=1S/C17H20N4O3S/c1-12-4-2-3-5-13(12)9-18-17(22)15-8-16(20-11-19-15)21-14-6-7-25(23,24)10-14/h2-5,8,11,14H,6-7,9-10H2,1H3,(H,18,22)(H,19,20,21). The third-order valence-electron chi connectivity index (χ3n) is 4.18. The van der Waals surface area contributed by atoms with Gasteiger partial charge in [-0.2, -0.15) is 0 Å². The van der Waals surface area contributed by atoms with Gasteiger partial charge in [-0.15, -0.1) is 0 Å². The zero-order chi connectivity index (χ0) is 17.9. The van der Waals surface area contributed by atoms with E-state index in [1.807, 2.05) is 31.2 Å². The van der Waals surface area contributed by atoms with Gasteiger partial charge in [0, 0.05) is 18.7 Å². The lowest BCUT2D eigenvalue weighted by molar-refractivity contribution is 0.0945. The van der Waals surface area contributed by atoms with E-state index in [-0.39, 0.29) is 29.1 Å². The van der Waals surface area contributed by atoms with Crippen molar-refractivity contribution in [2.75, 3.05) is 16.8 Å².